The number of hydrogen-bond acceptors (Lipinski definition) is 3. The van der Waals surface area contributed by atoms with Gasteiger partial charge in [-0.15, -0.1) is 0 Å². The maximum atomic E-state index is 5.88. The molecule has 2 rings (SSSR count). The van der Waals surface area contributed by atoms with Crippen LogP contribution in [0.2, 0.25) is 0 Å². The summed E-state index contributed by atoms with van der Waals surface area (Å²) in [6.45, 7) is 9.77. The molecule has 0 bridgehead atoms. The number of furan rings is 1. The molecule has 0 spiro atoms. The van der Waals surface area contributed by atoms with Gasteiger partial charge in [0.05, 0.1) is 6.54 Å². The van der Waals surface area contributed by atoms with Crippen LogP contribution >= 0.6 is 0 Å². The van der Waals surface area contributed by atoms with Gasteiger partial charge in [0, 0.05) is 18.2 Å². The molecular formula is C15H26N2O. The quantitative estimate of drug-likeness (QED) is 0.871. The molecule has 0 amide bonds. The smallest absolute Gasteiger partial charge is 0.118 e. The SMILES string of the molecule is CNCc1cc(CN2CCCC2C(C)C)oc1C. The first kappa shape index (κ1) is 13.6. The summed E-state index contributed by atoms with van der Waals surface area (Å²) in [5.41, 5.74) is 1.28. The van der Waals surface area contributed by atoms with Gasteiger partial charge in [-0.3, -0.25) is 4.90 Å². The molecule has 0 aromatic carbocycles. The van der Waals surface area contributed by atoms with Crippen molar-refractivity contribution in [3.05, 3.63) is 23.2 Å². The number of likely N-dealkylation sites (tertiary alicyclic amines) is 1. The fraction of sp³-hybridized carbons (Fsp3) is 0.733. The molecule has 0 saturated carbocycles. The van der Waals surface area contributed by atoms with Crippen molar-refractivity contribution in [1.82, 2.24) is 10.2 Å². The minimum absolute atomic E-state index is 0.725. The van der Waals surface area contributed by atoms with Crippen molar-refractivity contribution in [1.29, 1.82) is 0 Å². The van der Waals surface area contributed by atoms with E-state index < -0.39 is 0 Å². The van der Waals surface area contributed by atoms with Gasteiger partial charge < -0.3 is 9.73 Å². The lowest BCUT2D eigenvalue weighted by molar-refractivity contribution is 0.184. The first-order valence-corrected chi connectivity index (χ1v) is 7.08. The van der Waals surface area contributed by atoms with Crippen LogP contribution in [0.3, 0.4) is 0 Å². The summed E-state index contributed by atoms with van der Waals surface area (Å²) in [4.78, 5) is 2.58. The molecule has 3 heteroatoms. The van der Waals surface area contributed by atoms with Crippen LogP contribution in [0, 0.1) is 12.8 Å². The molecule has 1 aliphatic heterocycles. The lowest BCUT2D eigenvalue weighted by Gasteiger charge is -2.26. The number of nitrogens with one attached hydrogen (secondary N) is 1. The van der Waals surface area contributed by atoms with E-state index in [1.165, 1.54) is 24.9 Å². The van der Waals surface area contributed by atoms with Crippen molar-refractivity contribution in [2.24, 2.45) is 5.92 Å². The lowest BCUT2D eigenvalue weighted by atomic mass is 10.0. The second kappa shape index (κ2) is 5.89. The predicted molar refractivity (Wildman–Crippen MR) is 74.5 cm³/mol. The van der Waals surface area contributed by atoms with E-state index in [1.807, 2.05) is 7.05 Å². The summed E-state index contributed by atoms with van der Waals surface area (Å²) in [5, 5.41) is 3.19. The van der Waals surface area contributed by atoms with Crippen LogP contribution in [-0.4, -0.2) is 24.5 Å². The van der Waals surface area contributed by atoms with Gasteiger partial charge in [0.2, 0.25) is 0 Å². The normalized spacial score (nSPS) is 21.1. The average molecular weight is 250 g/mol. The van der Waals surface area contributed by atoms with Gasteiger partial charge in [0.25, 0.3) is 0 Å². The van der Waals surface area contributed by atoms with Gasteiger partial charge in [-0.2, -0.15) is 0 Å². The van der Waals surface area contributed by atoms with Crippen molar-refractivity contribution < 1.29 is 4.42 Å². The topological polar surface area (TPSA) is 28.4 Å². The molecule has 0 aliphatic carbocycles. The Balaban J connectivity index is 2.02. The van der Waals surface area contributed by atoms with E-state index in [4.69, 9.17) is 4.42 Å². The lowest BCUT2D eigenvalue weighted by Crippen LogP contribution is -2.32. The fourth-order valence-electron chi connectivity index (χ4n) is 3.03. The molecule has 3 nitrogen and oxygen atoms in total. The van der Waals surface area contributed by atoms with Gasteiger partial charge in [-0.25, -0.2) is 0 Å². The van der Waals surface area contributed by atoms with Crippen molar-refractivity contribution in [2.75, 3.05) is 13.6 Å². The molecule has 1 aliphatic rings. The zero-order valence-corrected chi connectivity index (χ0v) is 12.1. The standard InChI is InChI=1S/C15H26N2O/c1-11(2)15-6-5-7-17(15)10-14-8-13(9-16-4)12(3)18-14/h8,11,15-16H,5-7,9-10H2,1-4H3. The van der Waals surface area contributed by atoms with E-state index in [0.29, 0.717) is 0 Å². The van der Waals surface area contributed by atoms with Crippen LogP contribution in [0.5, 0.6) is 0 Å². The first-order valence-electron chi connectivity index (χ1n) is 7.08. The second-order valence-electron chi connectivity index (χ2n) is 5.75. The molecule has 0 radical (unpaired) electrons. The zero-order chi connectivity index (χ0) is 13.1. The average Bonchev–Trinajstić information content (AvgIpc) is 2.88. The molecule has 1 aromatic rings. The Kier molecular flexibility index (Phi) is 4.46. The Morgan fingerprint density at radius 2 is 2.28 bits per heavy atom. The fourth-order valence-corrected chi connectivity index (χ4v) is 3.03. The van der Waals surface area contributed by atoms with E-state index in [2.05, 4.69) is 37.1 Å². The molecular weight excluding hydrogens is 224 g/mol. The van der Waals surface area contributed by atoms with Crippen LogP contribution in [0.4, 0.5) is 0 Å². The van der Waals surface area contributed by atoms with Gasteiger partial charge in [-0.1, -0.05) is 13.8 Å². The van der Waals surface area contributed by atoms with Crippen LogP contribution in [0.25, 0.3) is 0 Å². The van der Waals surface area contributed by atoms with E-state index in [0.717, 1.165) is 36.6 Å². The van der Waals surface area contributed by atoms with Crippen LogP contribution in [0.1, 0.15) is 43.8 Å². The Labute approximate surface area is 111 Å². The minimum Gasteiger partial charge on any atom is -0.465 e. The maximum absolute atomic E-state index is 5.88. The summed E-state index contributed by atoms with van der Waals surface area (Å²) in [7, 11) is 1.97. The molecule has 1 fully saturated rings. The molecule has 2 heterocycles. The van der Waals surface area contributed by atoms with Gasteiger partial charge in [-0.05, 0) is 45.3 Å². The van der Waals surface area contributed by atoms with E-state index in [1.54, 1.807) is 0 Å². The third-order valence-corrected chi connectivity index (χ3v) is 3.98. The van der Waals surface area contributed by atoms with Crippen molar-refractivity contribution in [3.8, 4) is 0 Å². The largest absolute Gasteiger partial charge is 0.465 e. The van der Waals surface area contributed by atoms with Gasteiger partial charge in [0.15, 0.2) is 0 Å². The Morgan fingerprint density at radius 1 is 1.50 bits per heavy atom. The van der Waals surface area contributed by atoms with Crippen LogP contribution in [-0.2, 0) is 13.1 Å². The third-order valence-electron chi connectivity index (χ3n) is 3.98. The Bertz CT molecular complexity index is 384. The highest BCUT2D eigenvalue weighted by molar-refractivity contribution is 5.20. The molecule has 1 aromatic heterocycles. The number of aryl methyl sites for hydroxylation is 1. The molecule has 1 atom stereocenters. The number of rotatable bonds is 5. The Morgan fingerprint density at radius 3 is 2.94 bits per heavy atom. The highest BCUT2D eigenvalue weighted by atomic mass is 16.3. The summed E-state index contributed by atoms with van der Waals surface area (Å²) >= 11 is 0. The Hall–Kier alpha value is -0.800. The van der Waals surface area contributed by atoms with Crippen LogP contribution < -0.4 is 5.32 Å². The van der Waals surface area contributed by atoms with E-state index in [-0.39, 0.29) is 0 Å². The zero-order valence-electron chi connectivity index (χ0n) is 12.1. The predicted octanol–water partition coefficient (Wildman–Crippen LogP) is 2.93. The van der Waals surface area contributed by atoms with Crippen LogP contribution in [0.15, 0.2) is 10.5 Å². The number of hydrogen-bond donors (Lipinski definition) is 1. The minimum atomic E-state index is 0.725. The molecule has 1 N–H and O–H groups in total. The monoisotopic (exact) mass is 250 g/mol. The molecule has 1 unspecified atom stereocenters. The summed E-state index contributed by atoms with van der Waals surface area (Å²) < 4.78 is 5.88. The third kappa shape index (κ3) is 2.96. The highest BCUT2D eigenvalue weighted by Crippen LogP contribution is 2.26. The van der Waals surface area contributed by atoms with Gasteiger partial charge >= 0.3 is 0 Å². The van der Waals surface area contributed by atoms with E-state index in [9.17, 15) is 0 Å². The van der Waals surface area contributed by atoms with Crippen molar-refractivity contribution >= 4 is 0 Å². The number of nitrogens with zero attached hydrogens (tertiary/aromatic N) is 1. The second-order valence-corrected chi connectivity index (χ2v) is 5.75. The first-order chi connectivity index (χ1) is 8.61. The summed E-state index contributed by atoms with van der Waals surface area (Å²) in [5.74, 6) is 2.91. The highest BCUT2D eigenvalue weighted by Gasteiger charge is 2.27. The van der Waals surface area contributed by atoms with Gasteiger partial charge in [0.1, 0.15) is 11.5 Å². The van der Waals surface area contributed by atoms with Crippen molar-refractivity contribution in [2.45, 2.75) is 52.7 Å². The van der Waals surface area contributed by atoms with E-state index >= 15 is 0 Å². The summed E-state index contributed by atoms with van der Waals surface area (Å²) in [6.07, 6.45) is 2.66. The summed E-state index contributed by atoms with van der Waals surface area (Å²) in [6, 6.07) is 2.94. The molecule has 1 saturated heterocycles. The maximum Gasteiger partial charge on any atom is 0.118 e. The molecule has 102 valence electrons. The molecule has 18 heavy (non-hydrogen) atoms. The van der Waals surface area contributed by atoms with Crippen molar-refractivity contribution in [3.63, 3.8) is 0 Å².